The maximum atomic E-state index is 11.2. The number of nitrogens with zero attached hydrogens (tertiary/aromatic N) is 1. The second kappa shape index (κ2) is 4.54. The number of hydrogen-bond donors (Lipinski definition) is 0. The van der Waals surface area contributed by atoms with E-state index in [2.05, 4.69) is 4.74 Å². The molecule has 1 atom stereocenters. The molecule has 0 aliphatic carbocycles. The number of esters is 1. The van der Waals surface area contributed by atoms with Gasteiger partial charge in [0.1, 0.15) is 0 Å². The standard InChI is InChI=1S/C10H11NO4/c1-7(10(12)15-2)8-5-3-4-6-9(8)11(13)14/h3-7H,1-2H3/t7-/m0/s1. The Bertz CT molecular complexity index is 389. The lowest BCUT2D eigenvalue weighted by Crippen LogP contribution is -2.12. The number of benzene rings is 1. The van der Waals surface area contributed by atoms with E-state index in [1.54, 1.807) is 25.1 Å². The number of carbonyl (C=O) groups excluding carboxylic acids is 1. The Balaban J connectivity index is 3.13. The summed E-state index contributed by atoms with van der Waals surface area (Å²) in [7, 11) is 1.26. The third kappa shape index (κ3) is 2.31. The first-order chi connectivity index (χ1) is 7.07. The van der Waals surface area contributed by atoms with E-state index in [4.69, 9.17) is 0 Å². The molecule has 0 aliphatic rings. The molecule has 5 nitrogen and oxygen atoms in total. The van der Waals surface area contributed by atoms with Crippen LogP contribution in [0.5, 0.6) is 0 Å². The van der Waals surface area contributed by atoms with Gasteiger partial charge in [0, 0.05) is 11.6 Å². The summed E-state index contributed by atoms with van der Waals surface area (Å²) in [6.07, 6.45) is 0. The van der Waals surface area contributed by atoms with Crippen molar-refractivity contribution in [1.29, 1.82) is 0 Å². The molecule has 15 heavy (non-hydrogen) atoms. The van der Waals surface area contributed by atoms with Crippen LogP contribution in [0, 0.1) is 10.1 Å². The first kappa shape index (κ1) is 11.2. The van der Waals surface area contributed by atoms with Crippen molar-refractivity contribution in [3.05, 3.63) is 39.9 Å². The van der Waals surface area contributed by atoms with Gasteiger partial charge >= 0.3 is 5.97 Å². The topological polar surface area (TPSA) is 69.4 Å². The van der Waals surface area contributed by atoms with Crippen LogP contribution in [0.2, 0.25) is 0 Å². The summed E-state index contributed by atoms with van der Waals surface area (Å²) in [6.45, 7) is 1.58. The summed E-state index contributed by atoms with van der Waals surface area (Å²) in [6, 6.07) is 6.14. The molecule has 0 aliphatic heterocycles. The molecule has 1 aromatic carbocycles. The van der Waals surface area contributed by atoms with Gasteiger partial charge in [0.15, 0.2) is 0 Å². The van der Waals surface area contributed by atoms with Crippen molar-refractivity contribution >= 4 is 11.7 Å². The molecule has 0 saturated heterocycles. The third-order valence-corrected chi connectivity index (χ3v) is 2.15. The number of methoxy groups -OCH3 is 1. The minimum absolute atomic E-state index is 0.0598. The van der Waals surface area contributed by atoms with E-state index in [0.29, 0.717) is 5.56 Å². The first-order valence-corrected chi connectivity index (χ1v) is 4.39. The van der Waals surface area contributed by atoms with E-state index in [1.807, 2.05) is 0 Å². The van der Waals surface area contributed by atoms with Crippen LogP contribution in [0.15, 0.2) is 24.3 Å². The average molecular weight is 209 g/mol. The molecule has 0 amide bonds. The number of nitro benzene ring substituents is 1. The highest BCUT2D eigenvalue weighted by atomic mass is 16.6. The number of ether oxygens (including phenoxy) is 1. The van der Waals surface area contributed by atoms with Crippen LogP contribution in [-0.2, 0) is 9.53 Å². The lowest BCUT2D eigenvalue weighted by atomic mass is 10.00. The van der Waals surface area contributed by atoms with Crippen LogP contribution in [0.25, 0.3) is 0 Å². The first-order valence-electron chi connectivity index (χ1n) is 4.39. The molecule has 0 fully saturated rings. The smallest absolute Gasteiger partial charge is 0.313 e. The van der Waals surface area contributed by atoms with Gasteiger partial charge in [-0.1, -0.05) is 18.2 Å². The Labute approximate surface area is 86.8 Å². The van der Waals surface area contributed by atoms with Gasteiger partial charge in [-0.25, -0.2) is 0 Å². The van der Waals surface area contributed by atoms with Crippen molar-refractivity contribution < 1.29 is 14.5 Å². The Morgan fingerprint density at radius 2 is 2.07 bits per heavy atom. The molecule has 0 saturated carbocycles. The summed E-state index contributed by atoms with van der Waals surface area (Å²) < 4.78 is 4.54. The van der Waals surface area contributed by atoms with Gasteiger partial charge in [-0.3, -0.25) is 14.9 Å². The summed E-state index contributed by atoms with van der Waals surface area (Å²) >= 11 is 0. The Kier molecular flexibility index (Phi) is 3.38. The minimum Gasteiger partial charge on any atom is -0.469 e. The highest BCUT2D eigenvalue weighted by molar-refractivity contribution is 5.79. The van der Waals surface area contributed by atoms with Gasteiger partial charge in [0.05, 0.1) is 18.0 Å². The maximum absolute atomic E-state index is 11.2. The fourth-order valence-electron chi connectivity index (χ4n) is 1.32. The lowest BCUT2D eigenvalue weighted by molar-refractivity contribution is -0.385. The second-order valence-corrected chi connectivity index (χ2v) is 3.06. The molecule has 0 radical (unpaired) electrons. The molecule has 1 rings (SSSR count). The molecule has 1 aromatic rings. The largest absolute Gasteiger partial charge is 0.469 e. The number of nitro groups is 1. The predicted molar refractivity (Wildman–Crippen MR) is 53.5 cm³/mol. The summed E-state index contributed by atoms with van der Waals surface area (Å²) in [5, 5.41) is 10.7. The number of para-hydroxylation sites is 1. The fraction of sp³-hybridized carbons (Fsp3) is 0.300. The number of carbonyl (C=O) groups is 1. The zero-order chi connectivity index (χ0) is 11.4. The minimum atomic E-state index is -0.628. The van der Waals surface area contributed by atoms with Crippen molar-refractivity contribution in [3.8, 4) is 0 Å². The number of hydrogen-bond acceptors (Lipinski definition) is 4. The summed E-state index contributed by atoms with van der Waals surface area (Å²) in [5.41, 5.74) is 0.310. The van der Waals surface area contributed by atoms with Crippen molar-refractivity contribution in [3.63, 3.8) is 0 Å². The number of rotatable bonds is 3. The van der Waals surface area contributed by atoms with E-state index in [1.165, 1.54) is 13.2 Å². The van der Waals surface area contributed by atoms with Crippen LogP contribution >= 0.6 is 0 Å². The lowest BCUT2D eigenvalue weighted by Gasteiger charge is -2.09. The van der Waals surface area contributed by atoms with Crippen molar-refractivity contribution in [1.82, 2.24) is 0 Å². The predicted octanol–water partition coefficient (Wildman–Crippen LogP) is 1.87. The highest BCUT2D eigenvalue weighted by Crippen LogP contribution is 2.26. The Hall–Kier alpha value is -1.91. The van der Waals surface area contributed by atoms with E-state index in [9.17, 15) is 14.9 Å². The molecule has 5 heteroatoms. The quantitative estimate of drug-likeness (QED) is 0.433. The van der Waals surface area contributed by atoms with Gasteiger partial charge in [0.2, 0.25) is 0 Å². The summed E-state index contributed by atoms with van der Waals surface area (Å²) in [5.74, 6) is -1.11. The van der Waals surface area contributed by atoms with Crippen LogP contribution in [0.1, 0.15) is 18.4 Å². The van der Waals surface area contributed by atoms with Crippen LogP contribution < -0.4 is 0 Å². The molecular weight excluding hydrogens is 198 g/mol. The zero-order valence-corrected chi connectivity index (χ0v) is 8.47. The van der Waals surface area contributed by atoms with Gasteiger partial charge in [0.25, 0.3) is 5.69 Å². The van der Waals surface area contributed by atoms with E-state index in [0.717, 1.165) is 0 Å². The van der Waals surface area contributed by atoms with Gasteiger partial charge in [-0.05, 0) is 6.92 Å². The van der Waals surface area contributed by atoms with E-state index >= 15 is 0 Å². The van der Waals surface area contributed by atoms with E-state index in [-0.39, 0.29) is 5.69 Å². The maximum Gasteiger partial charge on any atom is 0.313 e. The van der Waals surface area contributed by atoms with Crippen LogP contribution in [0.4, 0.5) is 5.69 Å². The molecule has 0 spiro atoms. The molecule has 0 bridgehead atoms. The Morgan fingerprint density at radius 3 is 2.60 bits per heavy atom. The molecule has 80 valence electrons. The van der Waals surface area contributed by atoms with Crippen LogP contribution in [-0.4, -0.2) is 18.0 Å². The molecule has 0 N–H and O–H groups in total. The van der Waals surface area contributed by atoms with Gasteiger partial charge in [-0.15, -0.1) is 0 Å². The normalized spacial score (nSPS) is 11.9. The molecule has 0 heterocycles. The van der Waals surface area contributed by atoms with Crippen molar-refractivity contribution in [2.75, 3.05) is 7.11 Å². The van der Waals surface area contributed by atoms with Gasteiger partial charge in [-0.2, -0.15) is 0 Å². The third-order valence-electron chi connectivity index (χ3n) is 2.15. The molecule has 0 unspecified atom stereocenters. The fourth-order valence-corrected chi connectivity index (χ4v) is 1.32. The zero-order valence-electron chi connectivity index (χ0n) is 8.47. The van der Waals surface area contributed by atoms with Crippen LogP contribution in [0.3, 0.4) is 0 Å². The van der Waals surface area contributed by atoms with Crippen molar-refractivity contribution in [2.24, 2.45) is 0 Å². The van der Waals surface area contributed by atoms with Gasteiger partial charge < -0.3 is 4.74 Å². The SMILES string of the molecule is COC(=O)[C@@H](C)c1ccccc1[N+](=O)[O-]. The second-order valence-electron chi connectivity index (χ2n) is 3.06. The highest BCUT2D eigenvalue weighted by Gasteiger charge is 2.23. The monoisotopic (exact) mass is 209 g/mol. The van der Waals surface area contributed by atoms with E-state index < -0.39 is 16.8 Å². The average Bonchev–Trinajstić information content (AvgIpc) is 2.27. The Morgan fingerprint density at radius 1 is 1.47 bits per heavy atom. The molecule has 0 aromatic heterocycles. The van der Waals surface area contributed by atoms with Crippen molar-refractivity contribution in [2.45, 2.75) is 12.8 Å². The summed E-state index contributed by atoms with van der Waals surface area (Å²) in [4.78, 5) is 21.4. The molecular formula is C10H11NO4.